The molecule has 2 aromatic heterocycles. The second kappa shape index (κ2) is 11.5. The Labute approximate surface area is 222 Å². The SMILES string of the molecule is CCCCN(CC)S(=O)(=O)c1ccc(C(=O)N(Cc2ccccn2)c2nc3c(C)cc(C)cc3s2)cc1. The number of unbranched alkanes of at least 4 members (excludes halogenated alkanes) is 1. The van der Waals surface area contributed by atoms with E-state index in [0.717, 1.165) is 39.9 Å². The molecule has 2 heterocycles. The lowest BCUT2D eigenvalue weighted by Gasteiger charge is -2.21. The first-order valence-electron chi connectivity index (χ1n) is 12.4. The van der Waals surface area contributed by atoms with Crippen molar-refractivity contribution in [2.45, 2.75) is 52.0 Å². The van der Waals surface area contributed by atoms with Crippen LogP contribution in [0.15, 0.2) is 65.7 Å². The normalized spacial score (nSPS) is 11.8. The van der Waals surface area contributed by atoms with Crippen molar-refractivity contribution in [1.29, 1.82) is 0 Å². The third-order valence-electron chi connectivity index (χ3n) is 6.19. The molecule has 37 heavy (non-hydrogen) atoms. The number of carbonyl (C=O) groups is 1. The summed E-state index contributed by atoms with van der Waals surface area (Å²) in [4.78, 5) is 24.8. The first kappa shape index (κ1) is 26.9. The Hall–Kier alpha value is -3.14. The molecule has 4 aromatic rings. The highest BCUT2D eigenvalue weighted by Gasteiger charge is 2.25. The third-order valence-corrected chi connectivity index (χ3v) is 9.21. The van der Waals surface area contributed by atoms with E-state index in [1.165, 1.54) is 27.8 Å². The average molecular weight is 537 g/mol. The summed E-state index contributed by atoms with van der Waals surface area (Å²) in [5.74, 6) is -0.263. The maximum Gasteiger partial charge on any atom is 0.260 e. The van der Waals surface area contributed by atoms with Crippen molar-refractivity contribution in [2.75, 3.05) is 18.0 Å². The number of benzene rings is 2. The molecule has 9 heteroatoms. The van der Waals surface area contributed by atoms with Gasteiger partial charge in [0.15, 0.2) is 5.13 Å². The second-order valence-corrected chi connectivity index (χ2v) is 12.0. The number of fused-ring (bicyclic) bond motifs is 1. The fraction of sp³-hybridized carbons (Fsp3) is 0.321. The highest BCUT2D eigenvalue weighted by Crippen LogP contribution is 2.33. The first-order chi connectivity index (χ1) is 17.7. The predicted molar refractivity (Wildman–Crippen MR) is 150 cm³/mol. The molecule has 2 aromatic carbocycles. The van der Waals surface area contributed by atoms with Gasteiger partial charge in [-0.25, -0.2) is 13.4 Å². The molecule has 0 aliphatic heterocycles. The summed E-state index contributed by atoms with van der Waals surface area (Å²) in [6.07, 6.45) is 3.41. The van der Waals surface area contributed by atoms with Gasteiger partial charge in [-0.2, -0.15) is 4.31 Å². The van der Waals surface area contributed by atoms with Crippen molar-refractivity contribution in [2.24, 2.45) is 0 Å². The van der Waals surface area contributed by atoms with E-state index < -0.39 is 10.0 Å². The van der Waals surface area contributed by atoms with Gasteiger partial charge in [0.25, 0.3) is 5.91 Å². The van der Waals surface area contributed by atoms with Gasteiger partial charge in [0.2, 0.25) is 10.0 Å². The van der Waals surface area contributed by atoms with Gasteiger partial charge in [0.05, 0.1) is 27.4 Å². The Bertz CT molecular complexity index is 1480. The summed E-state index contributed by atoms with van der Waals surface area (Å²) in [5.41, 5.74) is 4.19. The molecule has 7 nitrogen and oxygen atoms in total. The van der Waals surface area contributed by atoms with Crippen molar-refractivity contribution in [3.05, 3.63) is 83.2 Å². The quantitative estimate of drug-likeness (QED) is 0.249. The van der Waals surface area contributed by atoms with E-state index in [1.54, 1.807) is 23.2 Å². The molecule has 0 N–H and O–H groups in total. The van der Waals surface area contributed by atoms with Crippen molar-refractivity contribution in [1.82, 2.24) is 14.3 Å². The van der Waals surface area contributed by atoms with Gasteiger partial charge < -0.3 is 0 Å². The Balaban J connectivity index is 1.69. The molecule has 0 aliphatic carbocycles. The zero-order valence-corrected chi connectivity index (χ0v) is 23.3. The molecule has 0 atom stereocenters. The van der Waals surface area contributed by atoms with Gasteiger partial charge in [-0.15, -0.1) is 0 Å². The van der Waals surface area contributed by atoms with Crippen LogP contribution in [0.5, 0.6) is 0 Å². The highest BCUT2D eigenvalue weighted by atomic mass is 32.2. The van der Waals surface area contributed by atoms with Crippen LogP contribution in [0.4, 0.5) is 5.13 Å². The van der Waals surface area contributed by atoms with E-state index in [9.17, 15) is 13.2 Å². The molecule has 4 rings (SSSR count). The minimum absolute atomic E-state index is 0.185. The topological polar surface area (TPSA) is 83.5 Å². The van der Waals surface area contributed by atoms with E-state index in [0.29, 0.717) is 23.8 Å². The third kappa shape index (κ3) is 5.89. The summed E-state index contributed by atoms with van der Waals surface area (Å²) in [6, 6.07) is 15.9. The molecular formula is C28H32N4O3S2. The Morgan fingerprint density at radius 2 is 1.78 bits per heavy atom. The van der Waals surface area contributed by atoms with Crippen LogP contribution >= 0.6 is 11.3 Å². The van der Waals surface area contributed by atoms with E-state index >= 15 is 0 Å². The van der Waals surface area contributed by atoms with Crippen LogP contribution in [-0.4, -0.2) is 41.7 Å². The number of nitrogens with zero attached hydrogens (tertiary/aromatic N) is 4. The van der Waals surface area contributed by atoms with Crippen LogP contribution in [0, 0.1) is 13.8 Å². The maximum absolute atomic E-state index is 13.8. The Morgan fingerprint density at radius 3 is 2.43 bits per heavy atom. The molecule has 0 bridgehead atoms. The number of aryl methyl sites for hydroxylation is 2. The van der Waals surface area contributed by atoms with E-state index in [4.69, 9.17) is 4.98 Å². The minimum Gasteiger partial charge on any atom is -0.278 e. The zero-order chi connectivity index (χ0) is 26.6. The number of pyridine rings is 1. The molecule has 1 amide bonds. The van der Waals surface area contributed by atoms with Crippen LogP contribution in [0.2, 0.25) is 0 Å². The zero-order valence-electron chi connectivity index (χ0n) is 21.6. The van der Waals surface area contributed by atoms with Crippen molar-refractivity contribution >= 4 is 42.6 Å². The lowest BCUT2D eigenvalue weighted by molar-refractivity contribution is 0.0984. The van der Waals surface area contributed by atoms with E-state index in [1.807, 2.05) is 45.9 Å². The van der Waals surface area contributed by atoms with E-state index in [-0.39, 0.29) is 17.3 Å². The summed E-state index contributed by atoms with van der Waals surface area (Å²) in [5, 5.41) is 0.577. The summed E-state index contributed by atoms with van der Waals surface area (Å²) >= 11 is 1.46. The second-order valence-electron chi connectivity index (χ2n) is 9.01. The molecule has 0 fully saturated rings. The molecule has 0 aliphatic rings. The Morgan fingerprint density at radius 1 is 1.03 bits per heavy atom. The first-order valence-corrected chi connectivity index (χ1v) is 14.7. The van der Waals surface area contributed by atoms with E-state index in [2.05, 4.69) is 17.1 Å². The van der Waals surface area contributed by atoms with Gasteiger partial charge >= 0.3 is 0 Å². The van der Waals surface area contributed by atoms with Crippen LogP contribution < -0.4 is 4.90 Å². The number of sulfonamides is 1. The number of anilines is 1. The standard InChI is InChI=1S/C28H32N4O3S2/c1-5-7-16-31(6-2)37(34,35)24-13-11-22(12-14-24)27(33)32(19-23-10-8-9-15-29-23)28-30-26-21(4)17-20(3)18-25(26)36-28/h8-15,17-18H,5-7,16,19H2,1-4H3. The minimum atomic E-state index is -3.62. The van der Waals surface area contributed by atoms with Crippen LogP contribution in [0.25, 0.3) is 10.2 Å². The monoisotopic (exact) mass is 536 g/mol. The van der Waals surface area contributed by atoms with Crippen molar-refractivity contribution in [3.63, 3.8) is 0 Å². The molecular weight excluding hydrogens is 504 g/mol. The van der Waals surface area contributed by atoms with Gasteiger partial charge in [-0.3, -0.25) is 14.7 Å². The molecule has 0 saturated heterocycles. The number of hydrogen-bond donors (Lipinski definition) is 0. The fourth-order valence-corrected chi connectivity index (χ4v) is 6.84. The summed E-state index contributed by atoms with van der Waals surface area (Å²) < 4.78 is 28.7. The van der Waals surface area contributed by atoms with Gasteiger partial charge in [0, 0.05) is 24.8 Å². The molecule has 0 spiro atoms. The van der Waals surface area contributed by atoms with Gasteiger partial charge in [-0.05, 0) is 73.9 Å². The largest absolute Gasteiger partial charge is 0.278 e. The van der Waals surface area contributed by atoms with Crippen molar-refractivity contribution < 1.29 is 13.2 Å². The number of rotatable bonds is 10. The molecule has 0 unspecified atom stereocenters. The van der Waals surface area contributed by atoms with Crippen LogP contribution in [-0.2, 0) is 16.6 Å². The van der Waals surface area contributed by atoms with Crippen molar-refractivity contribution in [3.8, 4) is 0 Å². The number of hydrogen-bond acceptors (Lipinski definition) is 6. The van der Waals surface area contributed by atoms with Gasteiger partial charge in [-0.1, -0.05) is 43.7 Å². The number of aromatic nitrogens is 2. The molecule has 0 saturated carbocycles. The molecule has 0 radical (unpaired) electrons. The summed E-state index contributed by atoms with van der Waals surface area (Å²) in [6.45, 7) is 9.05. The highest BCUT2D eigenvalue weighted by molar-refractivity contribution is 7.89. The van der Waals surface area contributed by atoms with Crippen LogP contribution in [0.3, 0.4) is 0 Å². The summed E-state index contributed by atoms with van der Waals surface area (Å²) in [7, 11) is -3.62. The maximum atomic E-state index is 13.8. The Kier molecular flexibility index (Phi) is 8.36. The van der Waals surface area contributed by atoms with Crippen LogP contribution in [0.1, 0.15) is 53.9 Å². The fourth-order valence-electron chi connectivity index (χ4n) is 4.21. The smallest absolute Gasteiger partial charge is 0.260 e. The molecule has 194 valence electrons. The van der Waals surface area contributed by atoms with Gasteiger partial charge in [0.1, 0.15) is 0 Å². The lowest BCUT2D eigenvalue weighted by Crippen LogP contribution is -2.32. The predicted octanol–water partition coefficient (Wildman–Crippen LogP) is 5.97. The average Bonchev–Trinajstić information content (AvgIpc) is 3.32. The number of amides is 1. The number of carbonyl (C=O) groups excluding carboxylic acids is 1. The number of thiazole rings is 1. The lowest BCUT2D eigenvalue weighted by atomic mass is 10.1.